The summed E-state index contributed by atoms with van der Waals surface area (Å²) in [6.07, 6.45) is 1.29. The number of amides is 1. The van der Waals surface area contributed by atoms with Gasteiger partial charge in [0.15, 0.2) is 6.61 Å². The van der Waals surface area contributed by atoms with Crippen LogP contribution in [0.25, 0.3) is 10.8 Å². The number of fused-ring (bicyclic) bond motifs is 1. The normalized spacial score (nSPS) is 10.5. The molecule has 5 heteroatoms. The number of rotatable bonds is 4. The zero-order chi connectivity index (χ0) is 16.2. The van der Waals surface area contributed by atoms with E-state index in [-0.39, 0.29) is 23.7 Å². The molecule has 0 spiro atoms. The largest absolute Gasteiger partial charge is 0.476 e. The van der Waals surface area contributed by atoms with Gasteiger partial charge < -0.3 is 14.5 Å². The van der Waals surface area contributed by atoms with Gasteiger partial charge in [-0.3, -0.25) is 9.59 Å². The second kappa shape index (κ2) is 6.36. The van der Waals surface area contributed by atoms with Crippen LogP contribution in [0.5, 0.6) is 5.75 Å². The summed E-state index contributed by atoms with van der Waals surface area (Å²) in [5.41, 5.74) is 0.389. The van der Waals surface area contributed by atoms with Crippen molar-refractivity contribution < 1.29 is 13.9 Å². The molecule has 1 amide bonds. The number of hydrogen-bond donors (Lipinski definition) is 1. The summed E-state index contributed by atoms with van der Waals surface area (Å²) in [5, 5.41) is 4.77. The van der Waals surface area contributed by atoms with E-state index in [4.69, 9.17) is 9.15 Å². The fourth-order valence-electron chi connectivity index (χ4n) is 2.33. The quantitative estimate of drug-likeness (QED) is 0.804. The molecule has 0 bridgehead atoms. The van der Waals surface area contributed by atoms with Gasteiger partial charge in [-0.25, -0.2) is 0 Å². The van der Waals surface area contributed by atoms with E-state index in [1.807, 2.05) is 42.5 Å². The Morgan fingerprint density at radius 3 is 2.74 bits per heavy atom. The minimum atomic E-state index is -0.344. The highest BCUT2D eigenvalue weighted by Gasteiger charge is 2.10. The number of aryl methyl sites for hydroxylation is 1. The lowest BCUT2D eigenvalue weighted by Crippen LogP contribution is -2.22. The minimum absolute atomic E-state index is 0.0561. The predicted octanol–water partition coefficient (Wildman–Crippen LogP) is 3.12. The molecule has 0 radical (unpaired) electrons. The fraction of sp³-hybridized carbons (Fsp3) is 0.111. The van der Waals surface area contributed by atoms with Crippen molar-refractivity contribution >= 4 is 22.4 Å². The van der Waals surface area contributed by atoms with Gasteiger partial charge in [0, 0.05) is 17.1 Å². The van der Waals surface area contributed by atoms with E-state index in [0.717, 1.165) is 10.8 Å². The monoisotopic (exact) mass is 309 g/mol. The van der Waals surface area contributed by atoms with Crippen molar-refractivity contribution in [1.82, 2.24) is 0 Å². The summed E-state index contributed by atoms with van der Waals surface area (Å²) in [7, 11) is 0. The maximum atomic E-state index is 12.1. The number of benzene rings is 2. The van der Waals surface area contributed by atoms with Crippen LogP contribution in [-0.2, 0) is 4.79 Å². The maximum absolute atomic E-state index is 12.1. The minimum Gasteiger partial charge on any atom is -0.476 e. The molecule has 0 atom stereocenters. The van der Waals surface area contributed by atoms with Crippen LogP contribution in [0.2, 0.25) is 0 Å². The van der Waals surface area contributed by atoms with Gasteiger partial charge in [0.1, 0.15) is 5.76 Å². The number of nitrogens with one attached hydrogen (secondary N) is 1. The van der Waals surface area contributed by atoms with Crippen molar-refractivity contribution in [3.05, 3.63) is 70.8 Å². The Hall–Kier alpha value is -3.08. The summed E-state index contributed by atoms with van der Waals surface area (Å²) in [5.74, 6) is 0.0556. The van der Waals surface area contributed by atoms with E-state index >= 15 is 0 Å². The Bertz CT molecular complexity index is 909. The van der Waals surface area contributed by atoms with Crippen LogP contribution in [0.1, 0.15) is 5.76 Å². The molecule has 3 rings (SSSR count). The molecule has 0 aliphatic rings. The van der Waals surface area contributed by atoms with Gasteiger partial charge in [0.05, 0.1) is 6.26 Å². The Kier molecular flexibility index (Phi) is 4.10. The van der Waals surface area contributed by atoms with Crippen molar-refractivity contribution in [2.45, 2.75) is 6.92 Å². The predicted molar refractivity (Wildman–Crippen MR) is 87.8 cm³/mol. The Morgan fingerprint density at radius 1 is 1.13 bits per heavy atom. The molecule has 116 valence electrons. The second-order valence-electron chi connectivity index (χ2n) is 5.03. The van der Waals surface area contributed by atoms with Crippen LogP contribution in [0.3, 0.4) is 0 Å². The van der Waals surface area contributed by atoms with E-state index in [2.05, 4.69) is 5.32 Å². The number of carbonyl (C=O) groups excluding carboxylic acids is 1. The van der Waals surface area contributed by atoms with Gasteiger partial charge in [0.25, 0.3) is 5.91 Å². The molecule has 1 N–H and O–H groups in total. The van der Waals surface area contributed by atoms with Crippen molar-refractivity contribution in [1.29, 1.82) is 0 Å². The first kappa shape index (κ1) is 14.8. The third kappa shape index (κ3) is 3.23. The average Bonchev–Trinajstić information content (AvgIpc) is 2.55. The lowest BCUT2D eigenvalue weighted by molar-refractivity contribution is -0.118. The molecule has 5 nitrogen and oxygen atoms in total. The van der Waals surface area contributed by atoms with Crippen LogP contribution >= 0.6 is 0 Å². The fourth-order valence-corrected chi connectivity index (χ4v) is 2.33. The van der Waals surface area contributed by atoms with Crippen molar-refractivity contribution in [2.24, 2.45) is 0 Å². The molecule has 0 fully saturated rings. The topological polar surface area (TPSA) is 68.5 Å². The molecule has 0 aliphatic heterocycles. The molecule has 0 aliphatic carbocycles. The smallest absolute Gasteiger partial charge is 0.262 e. The summed E-state index contributed by atoms with van der Waals surface area (Å²) in [6.45, 7) is 1.35. The summed E-state index contributed by atoms with van der Waals surface area (Å²) < 4.78 is 10.4. The summed E-state index contributed by atoms with van der Waals surface area (Å²) >= 11 is 0. The van der Waals surface area contributed by atoms with Crippen LogP contribution in [0.4, 0.5) is 5.69 Å². The van der Waals surface area contributed by atoms with Crippen LogP contribution < -0.4 is 15.5 Å². The van der Waals surface area contributed by atoms with Crippen molar-refractivity contribution in [3.63, 3.8) is 0 Å². The van der Waals surface area contributed by atoms with Gasteiger partial charge in [-0.2, -0.15) is 0 Å². The van der Waals surface area contributed by atoms with Crippen LogP contribution in [0.15, 0.2) is 64.0 Å². The van der Waals surface area contributed by atoms with Gasteiger partial charge in [0.2, 0.25) is 11.2 Å². The molecular weight excluding hydrogens is 294 g/mol. The number of ether oxygens (including phenoxy) is 1. The average molecular weight is 309 g/mol. The molecule has 0 saturated heterocycles. The number of anilines is 1. The second-order valence-corrected chi connectivity index (χ2v) is 5.03. The van der Waals surface area contributed by atoms with Gasteiger partial charge >= 0.3 is 0 Å². The zero-order valence-electron chi connectivity index (χ0n) is 12.5. The lowest BCUT2D eigenvalue weighted by Gasteiger charge is -2.10. The summed E-state index contributed by atoms with van der Waals surface area (Å²) in [6, 6.07) is 14.7. The maximum Gasteiger partial charge on any atom is 0.262 e. The van der Waals surface area contributed by atoms with E-state index in [1.165, 1.54) is 12.3 Å². The Morgan fingerprint density at radius 2 is 1.91 bits per heavy atom. The SMILES string of the molecule is Cc1occc(=O)c1OCC(=O)Nc1cccc2ccccc12. The molecule has 0 unspecified atom stereocenters. The van der Waals surface area contributed by atoms with Crippen LogP contribution in [-0.4, -0.2) is 12.5 Å². The first-order valence-corrected chi connectivity index (χ1v) is 7.14. The van der Waals surface area contributed by atoms with Crippen molar-refractivity contribution in [2.75, 3.05) is 11.9 Å². The third-order valence-corrected chi connectivity index (χ3v) is 3.42. The molecule has 1 heterocycles. The van der Waals surface area contributed by atoms with E-state index < -0.39 is 0 Å². The Labute approximate surface area is 132 Å². The highest BCUT2D eigenvalue weighted by Crippen LogP contribution is 2.22. The molecule has 1 aromatic heterocycles. The van der Waals surface area contributed by atoms with Gasteiger partial charge in [-0.1, -0.05) is 36.4 Å². The molecule has 0 saturated carbocycles. The molecular formula is C18H15NO4. The lowest BCUT2D eigenvalue weighted by atomic mass is 10.1. The highest BCUT2D eigenvalue weighted by molar-refractivity contribution is 6.02. The van der Waals surface area contributed by atoms with E-state index in [0.29, 0.717) is 11.4 Å². The highest BCUT2D eigenvalue weighted by atomic mass is 16.5. The standard InChI is InChI=1S/C18H15NO4/c1-12-18(16(20)9-10-22-12)23-11-17(21)19-15-8-4-6-13-5-2-3-7-14(13)15/h2-10H,11H2,1H3,(H,19,21). The number of hydrogen-bond acceptors (Lipinski definition) is 4. The van der Waals surface area contributed by atoms with Gasteiger partial charge in [-0.05, 0) is 18.4 Å². The zero-order valence-corrected chi connectivity index (χ0v) is 12.5. The summed E-state index contributed by atoms with van der Waals surface area (Å²) in [4.78, 5) is 23.8. The first-order valence-electron chi connectivity index (χ1n) is 7.14. The third-order valence-electron chi connectivity index (χ3n) is 3.42. The van der Waals surface area contributed by atoms with Crippen molar-refractivity contribution in [3.8, 4) is 5.75 Å². The Balaban J connectivity index is 1.73. The van der Waals surface area contributed by atoms with Crippen LogP contribution in [0, 0.1) is 6.92 Å². The number of carbonyl (C=O) groups is 1. The van der Waals surface area contributed by atoms with E-state index in [9.17, 15) is 9.59 Å². The molecule has 2 aromatic carbocycles. The van der Waals surface area contributed by atoms with E-state index in [1.54, 1.807) is 6.92 Å². The molecule has 23 heavy (non-hydrogen) atoms. The molecule has 3 aromatic rings. The van der Waals surface area contributed by atoms with Gasteiger partial charge in [-0.15, -0.1) is 0 Å². The first-order chi connectivity index (χ1) is 11.1.